The summed E-state index contributed by atoms with van der Waals surface area (Å²) in [5.74, 6) is -2.22. The smallest absolute Gasteiger partial charge is 0.377 e. The van der Waals surface area contributed by atoms with Crippen LogP contribution in [0.25, 0.3) is 21.9 Å². The van der Waals surface area contributed by atoms with E-state index >= 15 is 0 Å². The number of carbonyl (C=O) groups is 2. The number of hydrogen-bond acceptors (Lipinski definition) is 5. The highest BCUT2D eigenvalue weighted by molar-refractivity contribution is 5.94. The molecule has 0 bridgehead atoms. The summed E-state index contributed by atoms with van der Waals surface area (Å²) >= 11 is 0. The van der Waals surface area contributed by atoms with E-state index in [4.69, 9.17) is 9.47 Å². The summed E-state index contributed by atoms with van der Waals surface area (Å²) in [5, 5.41) is 11.7. The van der Waals surface area contributed by atoms with E-state index in [-0.39, 0.29) is 17.1 Å². The van der Waals surface area contributed by atoms with Crippen molar-refractivity contribution in [1.29, 1.82) is 0 Å². The van der Waals surface area contributed by atoms with Gasteiger partial charge in [-0.25, -0.2) is 9.59 Å². The third-order valence-electron chi connectivity index (χ3n) is 4.12. The van der Waals surface area contributed by atoms with Gasteiger partial charge in [0.1, 0.15) is 17.6 Å². The monoisotopic (exact) mass is 378 g/mol. The van der Waals surface area contributed by atoms with Gasteiger partial charge in [-0.2, -0.15) is 0 Å². The number of carbonyl (C=O) groups excluding carboxylic acids is 1. The SMILES string of the molecule is CO/C=C(/Oc1ccc(-c2ccc3ccccc3c2)cc1C(=O)O)C(=O)OC. The molecule has 0 heterocycles. The molecule has 0 unspecified atom stereocenters. The summed E-state index contributed by atoms with van der Waals surface area (Å²) in [7, 11) is 2.53. The fraction of sp³-hybridized carbons (Fsp3) is 0.0909. The molecule has 3 rings (SSSR count). The van der Waals surface area contributed by atoms with Crippen molar-refractivity contribution >= 4 is 22.7 Å². The largest absolute Gasteiger partial charge is 0.500 e. The maximum atomic E-state index is 11.8. The molecule has 0 saturated carbocycles. The number of esters is 1. The number of methoxy groups -OCH3 is 2. The number of rotatable bonds is 6. The fourth-order valence-electron chi connectivity index (χ4n) is 2.77. The van der Waals surface area contributed by atoms with Gasteiger partial charge in [0.15, 0.2) is 0 Å². The van der Waals surface area contributed by atoms with Crippen molar-refractivity contribution < 1.29 is 28.9 Å². The van der Waals surface area contributed by atoms with Crippen LogP contribution in [0.3, 0.4) is 0 Å². The van der Waals surface area contributed by atoms with E-state index < -0.39 is 11.9 Å². The highest BCUT2D eigenvalue weighted by atomic mass is 16.6. The number of ether oxygens (including phenoxy) is 3. The first-order valence-corrected chi connectivity index (χ1v) is 8.39. The van der Waals surface area contributed by atoms with E-state index in [9.17, 15) is 14.7 Å². The minimum atomic E-state index is -1.18. The van der Waals surface area contributed by atoms with Crippen LogP contribution in [0.5, 0.6) is 5.75 Å². The molecular weight excluding hydrogens is 360 g/mol. The van der Waals surface area contributed by atoms with Crippen molar-refractivity contribution in [1.82, 2.24) is 0 Å². The normalized spacial score (nSPS) is 11.1. The molecular formula is C22H18O6. The topological polar surface area (TPSA) is 82.1 Å². The minimum Gasteiger partial charge on any atom is -0.500 e. The molecule has 0 amide bonds. The van der Waals surface area contributed by atoms with E-state index in [1.165, 1.54) is 26.4 Å². The minimum absolute atomic E-state index is 0.00531. The van der Waals surface area contributed by atoms with Crippen LogP contribution in [0.1, 0.15) is 10.4 Å². The number of aromatic carboxylic acids is 1. The molecule has 3 aromatic rings. The Morgan fingerprint density at radius 3 is 2.25 bits per heavy atom. The van der Waals surface area contributed by atoms with Crippen LogP contribution in [-0.2, 0) is 14.3 Å². The van der Waals surface area contributed by atoms with Crippen molar-refractivity contribution in [3.8, 4) is 16.9 Å². The van der Waals surface area contributed by atoms with E-state index in [2.05, 4.69) is 4.74 Å². The molecule has 3 aromatic carbocycles. The Labute approximate surface area is 161 Å². The van der Waals surface area contributed by atoms with Crippen LogP contribution >= 0.6 is 0 Å². The Morgan fingerprint density at radius 1 is 0.893 bits per heavy atom. The lowest BCUT2D eigenvalue weighted by molar-refractivity contribution is -0.138. The maximum Gasteiger partial charge on any atom is 0.377 e. The van der Waals surface area contributed by atoms with Gasteiger partial charge in [-0.05, 0) is 40.1 Å². The lowest BCUT2D eigenvalue weighted by Gasteiger charge is -2.12. The molecule has 0 spiro atoms. The van der Waals surface area contributed by atoms with Crippen molar-refractivity contribution in [2.24, 2.45) is 0 Å². The predicted octanol–water partition coefficient (Wildman–Crippen LogP) is 4.24. The van der Waals surface area contributed by atoms with E-state index in [1.807, 2.05) is 42.5 Å². The van der Waals surface area contributed by atoms with Crippen LogP contribution < -0.4 is 4.74 Å². The number of carboxylic acid groups (broad SMARTS) is 1. The zero-order valence-electron chi connectivity index (χ0n) is 15.3. The average Bonchev–Trinajstić information content (AvgIpc) is 2.72. The first-order valence-electron chi connectivity index (χ1n) is 8.39. The van der Waals surface area contributed by atoms with Gasteiger partial charge in [0.2, 0.25) is 5.76 Å². The van der Waals surface area contributed by atoms with E-state index in [1.54, 1.807) is 6.07 Å². The van der Waals surface area contributed by atoms with Gasteiger partial charge in [0, 0.05) is 0 Å². The third kappa shape index (κ3) is 3.96. The molecule has 28 heavy (non-hydrogen) atoms. The Bertz CT molecular complexity index is 1070. The molecule has 1 N–H and O–H groups in total. The number of fused-ring (bicyclic) bond motifs is 1. The molecule has 0 aliphatic rings. The van der Waals surface area contributed by atoms with Crippen molar-refractivity contribution in [3.63, 3.8) is 0 Å². The predicted molar refractivity (Wildman–Crippen MR) is 104 cm³/mol. The van der Waals surface area contributed by atoms with Crippen LogP contribution in [0.2, 0.25) is 0 Å². The maximum absolute atomic E-state index is 11.8. The standard InChI is InChI=1S/C22H18O6/c1-26-13-20(22(25)27-2)28-19-10-9-17(12-18(19)21(23)24)16-8-7-14-5-3-4-6-15(14)11-16/h3-13H,1-2H3,(H,23,24)/b20-13+. The summed E-state index contributed by atoms with van der Waals surface area (Å²) in [6, 6.07) is 18.5. The highest BCUT2D eigenvalue weighted by Gasteiger charge is 2.19. The van der Waals surface area contributed by atoms with Gasteiger partial charge in [0.05, 0.1) is 14.2 Å². The molecule has 0 atom stereocenters. The molecule has 0 aromatic heterocycles. The second-order valence-electron chi connectivity index (χ2n) is 5.89. The van der Waals surface area contributed by atoms with Gasteiger partial charge in [0.25, 0.3) is 0 Å². The number of hydrogen-bond donors (Lipinski definition) is 1. The Kier molecular flexibility index (Phi) is 5.60. The molecule has 6 nitrogen and oxygen atoms in total. The summed E-state index contributed by atoms with van der Waals surface area (Å²) in [5.41, 5.74) is 1.50. The summed E-state index contributed by atoms with van der Waals surface area (Å²) in [4.78, 5) is 23.5. The zero-order chi connectivity index (χ0) is 20.1. The molecule has 0 aliphatic heterocycles. The van der Waals surface area contributed by atoms with Crippen LogP contribution in [0.4, 0.5) is 0 Å². The van der Waals surface area contributed by atoms with Crippen LogP contribution in [0, 0.1) is 0 Å². The molecule has 0 aliphatic carbocycles. The van der Waals surface area contributed by atoms with Crippen molar-refractivity contribution in [3.05, 3.63) is 78.2 Å². The summed E-state index contributed by atoms with van der Waals surface area (Å²) in [6.45, 7) is 0. The Balaban J connectivity index is 2.02. The molecule has 0 radical (unpaired) electrons. The molecule has 0 saturated heterocycles. The van der Waals surface area contributed by atoms with Gasteiger partial charge < -0.3 is 19.3 Å². The molecule has 6 heteroatoms. The fourth-order valence-corrected chi connectivity index (χ4v) is 2.77. The Hall–Kier alpha value is -3.80. The molecule has 0 fully saturated rings. The van der Waals surface area contributed by atoms with Gasteiger partial charge in [-0.3, -0.25) is 0 Å². The van der Waals surface area contributed by atoms with Crippen molar-refractivity contribution in [2.75, 3.05) is 14.2 Å². The second-order valence-corrected chi connectivity index (χ2v) is 5.89. The highest BCUT2D eigenvalue weighted by Crippen LogP contribution is 2.30. The molecule has 142 valence electrons. The van der Waals surface area contributed by atoms with E-state index in [0.717, 1.165) is 22.6 Å². The lowest BCUT2D eigenvalue weighted by Crippen LogP contribution is -2.13. The first kappa shape index (κ1) is 19.0. The number of carboxylic acids is 1. The summed E-state index contributed by atoms with van der Waals surface area (Å²) < 4.78 is 14.9. The average molecular weight is 378 g/mol. The Morgan fingerprint density at radius 2 is 1.57 bits per heavy atom. The number of benzene rings is 3. The van der Waals surface area contributed by atoms with Crippen LogP contribution in [0.15, 0.2) is 72.7 Å². The summed E-state index contributed by atoms with van der Waals surface area (Å²) in [6.07, 6.45) is 1.05. The first-order chi connectivity index (χ1) is 13.5. The van der Waals surface area contributed by atoms with Crippen LogP contribution in [-0.4, -0.2) is 31.3 Å². The zero-order valence-corrected chi connectivity index (χ0v) is 15.3. The third-order valence-corrected chi connectivity index (χ3v) is 4.12. The van der Waals surface area contributed by atoms with Gasteiger partial charge in [-0.1, -0.05) is 42.5 Å². The van der Waals surface area contributed by atoms with Gasteiger partial charge >= 0.3 is 11.9 Å². The van der Waals surface area contributed by atoms with Gasteiger partial charge in [-0.15, -0.1) is 0 Å². The quantitative estimate of drug-likeness (QED) is 0.392. The van der Waals surface area contributed by atoms with Crippen molar-refractivity contribution in [2.45, 2.75) is 0 Å². The lowest BCUT2D eigenvalue weighted by atomic mass is 9.99. The second kappa shape index (κ2) is 8.26. The van der Waals surface area contributed by atoms with E-state index in [0.29, 0.717) is 5.56 Å².